The maximum absolute atomic E-state index is 5.20. The van der Waals surface area contributed by atoms with Crippen LogP contribution in [-0.4, -0.2) is 18.6 Å². The Morgan fingerprint density at radius 3 is 2.12 bits per heavy atom. The minimum atomic E-state index is 0. The van der Waals surface area contributed by atoms with Gasteiger partial charge in [0.05, 0.1) is 0 Å². The fourth-order valence-corrected chi connectivity index (χ4v) is 0.683. The first-order valence-corrected chi connectivity index (χ1v) is 4.50. The van der Waals surface area contributed by atoms with Gasteiger partial charge in [-0.15, -0.1) is 0 Å². The summed E-state index contributed by atoms with van der Waals surface area (Å²) in [5.74, 6) is 1.20. The third-order valence-corrected chi connectivity index (χ3v) is 1.25. The molecular formula is C6H19NS. The lowest BCUT2D eigenvalue weighted by atomic mass is 10.5. The molecule has 0 radical (unpaired) electrons. The number of hydrogen-bond acceptors (Lipinski definition) is 2. The van der Waals surface area contributed by atoms with Crippen LogP contribution in [-0.2, 0) is 0 Å². The van der Waals surface area contributed by atoms with E-state index in [1.807, 2.05) is 25.6 Å². The van der Waals surface area contributed by atoms with Gasteiger partial charge in [0.1, 0.15) is 0 Å². The second-order valence-corrected chi connectivity index (χ2v) is 2.12. The Morgan fingerprint density at radius 1 is 1.50 bits per heavy atom. The van der Waals surface area contributed by atoms with E-state index in [-0.39, 0.29) is 1.43 Å². The Balaban J connectivity index is -0.000000109. The molecule has 0 unspecified atom stereocenters. The standard InChI is InChI=1S/C4H11NS.C2H6.H2/c1-6-4-2-3-5;1-2;/h2-5H2,1H3;1-2H3;1H. The molecule has 8 heavy (non-hydrogen) atoms. The van der Waals surface area contributed by atoms with Gasteiger partial charge in [0, 0.05) is 1.43 Å². The maximum atomic E-state index is 5.20. The van der Waals surface area contributed by atoms with E-state index in [9.17, 15) is 0 Å². The van der Waals surface area contributed by atoms with Gasteiger partial charge in [-0.3, -0.25) is 0 Å². The number of thioether (sulfide) groups is 1. The summed E-state index contributed by atoms with van der Waals surface area (Å²) >= 11 is 1.85. The molecule has 54 valence electrons. The molecule has 0 saturated carbocycles. The maximum Gasteiger partial charge on any atom is 0 e. The molecule has 2 N–H and O–H groups in total. The van der Waals surface area contributed by atoms with Crippen LogP contribution in [0.5, 0.6) is 0 Å². The Bertz CT molecular complexity index is 25.0. The molecule has 0 aromatic heterocycles. The highest BCUT2D eigenvalue weighted by Gasteiger charge is 1.75. The number of hydrogen-bond donors (Lipinski definition) is 1. The van der Waals surface area contributed by atoms with Crippen LogP contribution < -0.4 is 5.73 Å². The van der Waals surface area contributed by atoms with Crippen LogP contribution in [0.25, 0.3) is 0 Å². The van der Waals surface area contributed by atoms with Gasteiger partial charge in [0.25, 0.3) is 0 Å². The lowest BCUT2D eigenvalue weighted by Crippen LogP contribution is -1.98. The fraction of sp³-hybridized carbons (Fsp3) is 1.00. The summed E-state index contributed by atoms with van der Waals surface area (Å²) in [6.45, 7) is 4.83. The average molecular weight is 137 g/mol. The van der Waals surface area contributed by atoms with E-state index in [2.05, 4.69) is 6.26 Å². The summed E-state index contributed by atoms with van der Waals surface area (Å²) in [7, 11) is 0. The SMILES string of the molecule is CC.CSCCCN.[HH]. The van der Waals surface area contributed by atoms with Gasteiger partial charge >= 0.3 is 0 Å². The second kappa shape index (κ2) is 15.7. The van der Waals surface area contributed by atoms with Crippen molar-refractivity contribution in [3.63, 3.8) is 0 Å². The molecule has 0 aliphatic heterocycles. The molecule has 2 heteroatoms. The molecule has 1 nitrogen and oxygen atoms in total. The lowest BCUT2D eigenvalue weighted by molar-refractivity contribution is 0.944. The van der Waals surface area contributed by atoms with Crippen molar-refractivity contribution in [2.45, 2.75) is 20.3 Å². The molecule has 0 bridgehead atoms. The first-order valence-electron chi connectivity index (χ1n) is 3.11. The number of rotatable bonds is 3. The van der Waals surface area contributed by atoms with Gasteiger partial charge in [-0.25, -0.2) is 0 Å². The Kier molecular flexibility index (Phi) is 21.8. The van der Waals surface area contributed by atoms with Crippen LogP contribution >= 0.6 is 11.8 Å². The Morgan fingerprint density at radius 2 is 2.00 bits per heavy atom. The highest BCUT2D eigenvalue weighted by atomic mass is 32.2. The average Bonchev–Trinajstić information content (AvgIpc) is 1.88. The van der Waals surface area contributed by atoms with Gasteiger partial charge < -0.3 is 5.73 Å². The monoisotopic (exact) mass is 137 g/mol. The van der Waals surface area contributed by atoms with Gasteiger partial charge in [0.2, 0.25) is 0 Å². The summed E-state index contributed by atoms with van der Waals surface area (Å²) < 4.78 is 0. The summed E-state index contributed by atoms with van der Waals surface area (Å²) in [5.41, 5.74) is 5.20. The Hall–Kier alpha value is 0.310. The van der Waals surface area contributed by atoms with Gasteiger partial charge in [-0.05, 0) is 25.0 Å². The summed E-state index contributed by atoms with van der Waals surface area (Å²) in [6, 6.07) is 0. The van der Waals surface area contributed by atoms with Crippen molar-refractivity contribution in [1.29, 1.82) is 0 Å². The van der Waals surface area contributed by atoms with E-state index < -0.39 is 0 Å². The van der Waals surface area contributed by atoms with Crippen molar-refractivity contribution >= 4 is 11.8 Å². The molecule has 0 aromatic carbocycles. The molecule has 0 aromatic rings. The molecule has 0 amide bonds. The van der Waals surface area contributed by atoms with E-state index in [1.54, 1.807) is 0 Å². The fourth-order valence-electron chi connectivity index (χ4n) is 0.228. The van der Waals surface area contributed by atoms with Crippen molar-refractivity contribution in [1.82, 2.24) is 0 Å². The third-order valence-electron chi connectivity index (χ3n) is 0.553. The summed E-state index contributed by atoms with van der Waals surface area (Å²) in [5, 5.41) is 0. The molecule has 0 spiro atoms. The largest absolute Gasteiger partial charge is 0.330 e. The molecule has 0 atom stereocenters. The summed E-state index contributed by atoms with van der Waals surface area (Å²) in [4.78, 5) is 0. The van der Waals surface area contributed by atoms with Crippen LogP contribution in [0.4, 0.5) is 0 Å². The summed E-state index contributed by atoms with van der Waals surface area (Å²) in [6.07, 6.45) is 3.25. The van der Waals surface area contributed by atoms with Crippen molar-refractivity contribution in [2.24, 2.45) is 5.73 Å². The first-order chi connectivity index (χ1) is 3.91. The normalized spacial score (nSPS) is 7.50. The highest BCUT2D eigenvalue weighted by molar-refractivity contribution is 7.98. The Labute approximate surface area is 58.5 Å². The van der Waals surface area contributed by atoms with Gasteiger partial charge in [0.15, 0.2) is 0 Å². The minimum absolute atomic E-state index is 0. The zero-order valence-electron chi connectivity index (χ0n) is 6.11. The molecule has 0 fully saturated rings. The van der Waals surface area contributed by atoms with E-state index in [4.69, 9.17) is 5.73 Å². The van der Waals surface area contributed by atoms with Gasteiger partial charge in [-0.1, -0.05) is 13.8 Å². The molecule has 0 aliphatic carbocycles. The van der Waals surface area contributed by atoms with Crippen LogP contribution in [0.3, 0.4) is 0 Å². The number of nitrogens with two attached hydrogens (primary N) is 1. The van der Waals surface area contributed by atoms with Crippen LogP contribution in [0.2, 0.25) is 0 Å². The minimum Gasteiger partial charge on any atom is -0.330 e. The smallest absolute Gasteiger partial charge is 0 e. The zero-order valence-corrected chi connectivity index (χ0v) is 6.92. The van der Waals surface area contributed by atoms with Crippen LogP contribution in [0.15, 0.2) is 0 Å². The van der Waals surface area contributed by atoms with E-state index in [1.165, 1.54) is 5.75 Å². The molecule has 0 heterocycles. The van der Waals surface area contributed by atoms with E-state index >= 15 is 0 Å². The van der Waals surface area contributed by atoms with Gasteiger partial charge in [-0.2, -0.15) is 11.8 Å². The highest BCUT2D eigenvalue weighted by Crippen LogP contribution is 1.91. The van der Waals surface area contributed by atoms with Crippen molar-refractivity contribution in [3.8, 4) is 0 Å². The predicted octanol–water partition coefficient (Wildman–Crippen LogP) is 1.97. The quantitative estimate of drug-likeness (QED) is 0.602. The van der Waals surface area contributed by atoms with Crippen molar-refractivity contribution in [3.05, 3.63) is 0 Å². The first kappa shape index (κ1) is 11.2. The molecule has 0 rings (SSSR count). The van der Waals surface area contributed by atoms with E-state index in [0.717, 1.165) is 13.0 Å². The molecular weight excluding hydrogens is 118 g/mol. The van der Waals surface area contributed by atoms with Crippen LogP contribution in [0, 0.1) is 0 Å². The zero-order chi connectivity index (χ0) is 6.83. The topological polar surface area (TPSA) is 26.0 Å². The van der Waals surface area contributed by atoms with Crippen molar-refractivity contribution in [2.75, 3.05) is 18.6 Å². The predicted molar refractivity (Wildman–Crippen MR) is 45.5 cm³/mol. The second-order valence-electron chi connectivity index (χ2n) is 1.14. The lowest BCUT2D eigenvalue weighted by Gasteiger charge is -1.86. The van der Waals surface area contributed by atoms with Crippen molar-refractivity contribution < 1.29 is 1.43 Å². The molecule has 0 saturated heterocycles. The van der Waals surface area contributed by atoms with Crippen LogP contribution in [0.1, 0.15) is 21.7 Å². The molecule has 0 aliphatic rings. The van der Waals surface area contributed by atoms with E-state index in [0.29, 0.717) is 0 Å². The third kappa shape index (κ3) is 16.2.